The number of carbonyl (C=O) groups is 2. The number of carbonyl (C=O) groups excluding carboxylic acids is 2. The Hall–Kier alpha value is -2.07. The van der Waals surface area contributed by atoms with Crippen molar-refractivity contribution in [1.82, 2.24) is 19.6 Å². The molecule has 148 valence electrons. The second-order valence-corrected chi connectivity index (χ2v) is 8.75. The van der Waals surface area contributed by atoms with Gasteiger partial charge in [-0.25, -0.2) is 23.1 Å². The van der Waals surface area contributed by atoms with Gasteiger partial charge in [-0.15, -0.1) is 0 Å². The Morgan fingerprint density at radius 2 is 1.74 bits per heavy atom. The van der Waals surface area contributed by atoms with E-state index in [1.54, 1.807) is 12.3 Å². The first-order valence-corrected chi connectivity index (χ1v) is 11.0. The Balaban J connectivity index is 1.54. The van der Waals surface area contributed by atoms with Gasteiger partial charge in [0.2, 0.25) is 27.8 Å². The van der Waals surface area contributed by atoms with Crippen molar-refractivity contribution in [2.75, 3.05) is 30.3 Å². The summed E-state index contributed by atoms with van der Waals surface area (Å²) >= 11 is 0. The normalized spacial score (nSPS) is 18.8. The van der Waals surface area contributed by atoms with Crippen LogP contribution in [0, 0.1) is 0 Å². The van der Waals surface area contributed by atoms with E-state index in [0.29, 0.717) is 30.9 Å². The largest absolute Gasteiger partial charge is 0.341 e. The predicted octanol–water partition coefficient (Wildman–Crippen LogP) is 0.425. The van der Waals surface area contributed by atoms with Gasteiger partial charge in [-0.1, -0.05) is 0 Å². The van der Waals surface area contributed by atoms with E-state index < -0.39 is 10.0 Å². The van der Waals surface area contributed by atoms with Crippen LogP contribution < -0.4 is 9.62 Å². The highest BCUT2D eigenvalue weighted by Crippen LogP contribution is 2.15. The maximum absolute atomic E-state index is 12.2. The van der Waals surface area contributed by atoms with E-state index in [0.717, 1.165) is 30.8 Å². The van der Waals surface area contributed by atoms with E-state index in [1.807, 2.05) is 0 Å². The van der Waals surface area contributed by atoms with Crippen LogP contribution in [0.2, 0.25) is 0 Å². The Labute approximate surface area is 159 Å². The average molecular weight is 395 g/mol. The molecule has 3 heterocycles. The van der Waals surface area contributed by atoms with Gasteiger partial charge >= 0.3 is 0 Å². The van der Waals surface area contributed by atoms with Gasteiger partial charge in [-0.2, -0.15) is 0 Å². The zero-order chi connectivity index (χ0) is 19.3. The first-order chi connectivity index (χ1) is 12.9. The Morgan fingerprint density at radius 3 is 2.44 bits per heavy atom. The number of piperidine rings is 2. The van der Waals surface area contributed by atoms with Crippen LogP contribution in [0.5, 0.6) is 0 Å². The lowest BCUT2D eigenvalue weighted by Gasteiger charge is -2.26. The Bertz CT molecular complexity index is 776. The summed E-state index contributed by atoms with van der Waals surface area (Å²) in [5.74, 6) is -0.295. The van der Waals surface area contributed by atoms with Crippen molar-refractivity contribution in [3.05, 3.63) is 18.0 Å². The van der Waals surface area contributed by atoms with Gasteiger partial charge in [0.25, 0.3) is 0 Å². The predicted molar refractivity (Wildman–Crippen MR) is 99.3 cm³/mol. The summed E-state index contributed by atoms with van der Waals surface area (Å²) in [6.45, 7) is 1.75. The average Bonchev–Trinajstić information content (AvgIpc) is 2.67. The van der Waals surface area contributed by atoms with Gasteiger partial charge in [0, 0.05) is 38.7 Å². The molecule has 27 heavy (non-hydrogen) atoms. The van der Waals surface area contributed by atoms with Gasteiger partial charge in [-0.05, 0) is 31.7 Å². The van der Waals surface area contributed by atoms with Gasteiger partial charge in [0.15, 0.2) is 0 Å². The fourth-order valence-corrected chi connectivity index (χ4v) is 4.18. The molecule has 0 bridgehead atoms. The molecule has 2 saturated heterocycles. The van der Waals surface area contributed by atoms with Crippen molar-refractivity contribution in [3.63, 3.8) is 0 Å². The minimum atomic E-state index is -3.63. The molecule has 9 nitrogen and oxygen atoms in total. The highest BCUT2D eigenvalue weighted by atomic mass is 32.2. The molecular weight excluding hydrogens is 370 g/mol. The fourth-order valence-electron chi connectivity index (χ4n) is 3.25. The molecule has 2 amide bonds. The second-order valence-electron chi connectivity index (χ2n) is 6.83. The monoisotopic (exact) mass is 395 g/mol. The number of nitrogens with zero attached hydrogens (tertiary/aromatic N) is 4. The van der Waals surface area contributed by atoms with E-state index >= 15 is 0 Å². The molecule has 0 spiro atoms. The number of imide groups is 1. The molecule has 0 unspecified atom stereocenters. The van der Waals surface area contributed by atoms with Crippen LogP contribution in [-0.2, 0) is 26.2 Å². The lowest BCUT2D eigenvalue weighted by molar-refractivity contribution is -0.147. The Morgan fingerprint density at radius 1 is 1.04 bits per heavy atom. The van der Waals surface area contributed by atoms with Gasteiger partial charge in [0.1, 0.15) is 0 Å². The molecule has 1 aromatic rings. The van der Waals surface area contributed by atoms with E-state index in [9.17, 15) is 18.0 Å². The maximum Gasteiger partial charge on any atom is 0.229 e. The lowest BCUT2D eigenvalue weighted by atomic mass is 10.1. The summed E-state index contributed by atoms with van der Waals surface area (Å²) in [5.41, 5.74) is 0.583. The summed E-state index contributed by atoms with van der Waals surface area (Å²) in [6, 6.07) is 1.67. The molecule has 1 N–H and O–H groups in total. The molecule has 0 atom stereocenters. The van der Waals surface area contributed by atoms with Gasteiger partial charge < -0.3 is 4.90 Å². The van der Waals surface area contributed by atoms with Crippen LogP contribution >= 0.6 is 0 Å². The zero-order valence-electron chi connectivity index (χ0n) is 15.3. The number of nitrogens with one attached hydrogen (secondary N) is 1. The van der Waals surface area contributed by atoms with Gasteiger partial charge in [-0.3, -0.25) is 14.5 Å². The standard InChI is InChI=1S/C17H25N5O4S/c23-15-5-4-6-16(24)22(15)11-12-27(25,26)19-13-14-7-8-18-17(20-14)21-9-2-1-3-10-21/h7-8,19H,1-6,9-13H2. The number of likely N-dealkylation sites (tertiary alicyclic amines) is 1. The molecule has 0 aliphatic carbocycles. The maximum atomic E-state index is 12.2. The van der Waals surface area contributed by atoms with Crippen LogP contribution in [0.25, 0.3) is 0 Å². The van der Waals surface area contributed by atoms with E-state index in [4.69, 9.17) is 0 Å². The number of sulfonamides is 1. The summed E-state index contributed by atoms with van der Waals surface area (Å²) in [7, 11) is -3.63. The first-order valence-electron chi connectivity index (χ1n) is 9.32. The Kier molecular flexibility index (Phi) is 6.38. The van der Waals surface area contributed by atoms with Crippen LogP contribution in [0.3, 0.4) is 0 Å². The summed E-state index contributed by atoms with van der Waals surface area (Å²) < 4.78 is 27.0. The summed E-state index contributed by atoms with van der Waals surface area (Å²) in [5, 5.41) is 0. The molecule has 2 fully saturated rings. The van der Waals surface area contributed by atoms with Crippen LogP contribution in [0.1, 0.15) is 44.2 Å². The fraction of sp³-hybridized carbons (Fsp3) is 0.647. The minimum absolute atomic E-state index is 0.0492. The van der Waals surface area contributed by atoms with E-state index in [2.05, 4.69) is 19.6 Å². The topological polar surface area (TPSA) is 113 Å². The number of amides is 2. The molecule has 0 saturated carbocycles. The third-order valence-corrected chi connectivity index (χ3v) is 6.08. The summed E-state index contributed by atoms with van der Waals surface area (Å²) in [6.07, 6.45) is 6.16. The van der Waals surface area contributed by atoms with Crippen molar-refractivity contribution in [2.24, 2.45) is 0 Å². The number of hydrogen-bond donors (Lipinski definition) is 1. The molecule has 0 radical (unpaired) electrons. The number of hydrogen-bond acceptors (Lipinski definition) is 7. The number of anilines is 1. The third kappa shape index (κ3) is 5.46. The van der Waals surface area contributed by atoms with Crippen molar-refractivity contribution in [1.29, 1.82) is 0 Å². The first kappa shape index (κ1) is 19.7. The van der Waals surface area contributed by atoms with Crippen LogP contribution in [-0.4, -0.2) is 60.5 Å². The molecule has 10 heteroatoms. The van der Waals surface area contributed by atoms with Crippen molar-refractivity contribution >= 4 is 27.8 Å². The minimum Gasteiger partial charge on any atom is -0.341 e. The molecule has 3 rings (SSSR count). The lowest BCUT2D eigenvalue weighted by Crippen LogP contribution is -2.44. The number of rotatable bonds is 7. The second kappa shape index (κ2) is 8.75. The summed E-state index contributed by atoms with van der Waals surface area (Å²) in [4.78, 5) is 35.4. The van der Waals surface area contributed by atoms with Crippen molar-refractivity contribution in [3.8, 4) is 0 Å². The van der Waals surface area contributed by atoms with E-state index in [-0.39, 0.29) is 30.7 Å². The van der Waals surface area contributed by atoms with Crippen LogP contribution in [0.15, 0.2) is 12.3 Å². The number of aromatic nitrogens is 2. The van der Waals surface area contributed by atoms with Gasteiger partial charge in [0.05, 0.1) is 18.0 Å². The third-order valence-electron chi connectivity index (χ3n) is 4.78. The molecule has 1 aromatic heterocycles. The van der Waals surface area contributed by atoms with E-state index in [1.165, 1.54) is 6.42 Å². The van der Waals surface area contributed by atoms with Crippen molar-refractivity contribution < 1.29 is 18.0 Å². The quantitative estimate of drug-likeness (QED) is 0.666. The molecule has 2 aliphatic heterocycles. The molecule has 2 aliphatic rings. The molecule has 0 aromatic carbocycles. The van der Waals surface area contributed by atoms with Crippen LogP contribution in [0.4, 0.5) is 5.95 Å². The van der Waals surface area contributed by atoms with Crippen molar-refractivity contribution in [2.45, 2.75) is 45.1 Å². The smallest absolute Gasteiger partial charge is 0.229 e. The molecular formula is C17H25N5O4S. The highest BCUT2D eigenvalue weighted by molar-refractivity contribution is 7.89. The zero-order valence-corrected chi connectivity index (χ0v) is 16.1. The SMILES string of the molecule is O=C1CCCC(=O)N1CCS(=O)(=O)NCc1ccnc(N2CCCCC2)n1. The highest BCUT2D eigenvalue weighted by Gasteiger charge is 2.27.